The molecule has 2 heterocycles. The van der Waals surface area contributed by atoms with Gasteiger partial charge in [-0.25, -0.2) is 0 Å². The van der Waals surface area contributed by atoms with Gasteiger partial charge in [-0.2, -0.15) is 0 Å². The summed E-state index contributed by atoms with van der Waals surface area (Å²) < 4.78 is 0. The molecule has 4 N–H and O–H groups in total. The Morgan fingerprint density at radius 2 is 1.94 bits per heavy atom. The standard InChI is InChI=1S/C13H15N3/c14-6-10-11-7-15-8-12(11)16-13(10)9-4-2-1-3-5-9/h1-5,15-16H,6-8,14H2. The van der Waals surface area contributed by atoms with E-state index in [0.717, 1.165) is 13.1 Å². The van der Waals surface area contributed by atoms with E-state index in [1.807, 2.05) is 6.07 Å². The molecule has 3 heteroatoms. The summed E-state index contributed by atoms with van der Waals surface area (Å²) >= 11 is 0. The van der Waals surface area contributed by atoms with E-state index in [4.69, 9.17) is 5.73 Å². The average Bonchev–Trinajstić information content (AvgIpc) is 2.89. The third-order valence-corrected chi connectivity index (χ3v) is 3.18. The number of hydrogen-bond donors (Lipinski definition) is 3. The van der Waals surface area contributed by atoms with Crippen LogP contribution in [0.4, 0.5) is 0 Å². The highest BCUT2D eigenvalue weighted by Crippen LogP contribution is 2.30. The van der Waals surface area contributed by atoms with E-state index < -0.39 is 0 Å². The van der Waals surface area contributed by atoms with Crippen LogP contribution in [0.25, 0.3) is 11.3 Å². The first-order valence-corrected chi connectivity index (χ1v) is 5.59. The Morgan fingerprint density at radius 1 is 1.12 bits per heavy atom. The van der Waals surface area contributed by atoms with Crippen LogP contribution in [0.15, 0.2) is 30.3 Å². The predicted molar refractivity (Wildman–Crippen MR) is 64.7 cm³/mol. The smallest absolute Gasteiger partial charge is 0.0505 e. The van der Waals surface area contributed by atoms with Crippen LogP contribution < -0.4 is 11.1 Å². The van der Waals surface area contributed by atoms with Crippen molar-refractivity contribution in [1.29, 1.82) is 0 Å². The van der Waals surface area contributed by atoms with Gasteiger partial charge in [-0.15, -0.1) is 0 Å². The number of nitrogens with one attached hydrogen (secondary N) is 2. The lowest BCUT2D eigenvalue weighted by Gasteiger charge is -2.04. The van der Waals surface area contributed by atoms with Gasteiger partial charge in [0.2, 0.25) is 0 Å². The molecule has 1 aliphatic heterocycles. The molecule has 0 aliphatic carbocycles. The number of rotatable bonds is 2. The zero-order valence-electron chi connectivity index (χ0n) is 9.09. The van der Waals surface area contributed by atoms with Gasteiger partial charge in [-0.1, -0.05) is 30.3 Å². The largest absolute Gasteiger partial charge is 0.357 e. The SMILES string of the molecule is NCc1c(-c2ccccc2)[nH]c2c1CNC2. The number of nitrogens with two attached hydrogens (primary N) is 1. The number of aromatic nitrogens is 1. The Balaban J connectivity index is 2.15. The Bertz CT molecular complexity index is 499. The summed E-state index contributed by atoms with van der Waals surface area (Å²) in [6, 6.07) is 10.4. The third kappa shape index (κ3) is 1.37. The summed E-state index contributed by atoms with van der Waals surface area (Å²) in [6.07, 6.45) is 0. The molecule has 3 nitrogen and oxygen atoms in total. The number of hydrogen-bond acceptors (Lipinski definition) is 2. The minimum absolute atomic E-state index is 0.595. The van der Waals surface area contributed by atoms with E-state index in [2.05, 4.69) is 34.6 Å². The van der Waals surface area contributed by atoms with E-state index >= 15 is 0 Å². The second-order valence-electron chi connectivity index (χ2n) is 4.11. The summed E-state index contributed by atoms with van der Waals surface area (Å²) in [5.74, 6) is 0. The van der Waals surface area contributed by atoms with Gasteiger partial charge in [0.15, 0.2) is 0 Å². The second-order valence-corrected chi connectivity index (χ2v) is 4.11. The molecule has 0 spiro atoms. The fraction of sp³-hybridized carbons (Fsp3) is 0.231. The molecule has 2 aromatic rings. The third-order valence-electron chi connectivity index (χ3n) is 3.18. The minimum atomic E-state index is 0.595. The number of H-pyrrole nitrogens is 1. The molecule has 1 aromatic carbocycles. The van der Waals surface area contributed by atoms with E-state index in [1.54, 1.807) is 0 Å². The summed E-state index contributed by atoms with van der Waals surface area (Å²) in [6.45, 7) is 2.46. The number of benzene rings is 1. The highest BCUT2D eigenvalue weighted by atomic mass is 14.9. The lowest BCUT2D eigenvalue weighted by molar-refractivity contribution is 0.750. The molecule has 82 valence electrons. The molecule has 3 rings (SSSR count). The highest BCUT2D eigenvalue weighted by Gasteiger charge is 2.20. The van der Waals surface area contributed by atoms with Gasteiger partial charge in [0.05, 0.1) is 5.69 Å². The zero-order valence-corrected chi connectivity index (χ0v) is 9.09. The van der Waals surface area contributed by atoms with Gasteiger partial charge in [0.25, 0.3) is 0 Å². The molecular formula is C13H15N3. The van der Waals surface area contributed by atoms with E-state index in [0.29, 0.717) is 6.54 Å². The Morgan fingerprint density at radius 3 is 2.69 bits per heavy atom. The fourth-order valence-corrected chi connectivity index (χ4v) is 2.39. The van der Waals surface area contributed by atoms with Crippen molar-refractivity contribution < 1.29 is 0 Å². The summed E-state index contributed by atoms with van der Waals surface area (Å²) in [5, 5.41) is 3.33. The van der Waals surface area contributed by atoms with Crippen molar-refractivity contribution in [2.75, 3.05) is 0 Å². The van der Waals surface area contributed by atoms with Crippen LogP contribution in [0.5, 0.6) is 0 Å². The fourth-order valence-electron chi connectivity index (χ4n) is 2.39. The first kappa shape index (κ1) is 9.63. The maximum Gasteiger partial charge on any atom is 0.0505 e. The van der Waals surface area contributed by atoms with Crippen LogP contribution in [0.3, 0.4) is 0 Å². The van der Waals surface area contributed by atoms with Crippen LogP contribution in [0.2, 0.25) is 0 Å². The summed E-state index contributed by atoms with van der Waals surface area (Å²) in [5.41, 5.74) is 12.2. The van der Waals surface area contributed by atoms with Gasteiger partial charge < -0.3 is 16.0 Å². The molecule has 0 saturated carbocycles. The molecule has 0 unspecified atom stereocenters. The predicted octanol–water partition coefficient (Wildman–Crippen LogP) is 1.74. The van der Waals surface area contributed by atoms with Gasteiger partial charge in [-0.05, 0) is 16.7 Å². The van der Waals surface area contributed by atoms with Crippen LogP contribution in [-0.4, -0.2) is 4.98 Å². The van der Waals surface area contributed by atoms with Crippen molar-refractivity contribution in [3.05, 3.63) is 47.2 Å². The van der Waals surface area contributed by atoms with Gasteiger partial charge in [-0.3, -0.25) is 0 Å². The van der Waals surface area contributed by atoms with Crippen molar-refractivity contribution >= 4 is 0 Å². The molecule has 0 bridgehead atoms. The molecule has 0 atom stereocenters. The Kier molecular flexibility index (Phi) is 2.27. The first-order chi connectivity index (χ1) is 7.90. The van der Waals surface area contributed by atoms with Crippen molar-refractivity contribution in [1.82, 2.24) is 10.3 Å². The minimum Gasteiger partial charge on any atom is -0.357 e. The van der Waals surface area contributed by atoms with Crippen LogP contribution in [0.1, 0.15) is 16.8 Å². The lowest BCUT2D eigenvalue weighted by atomic mass is 10.0. The molecule has 0 radical (unpaired) electrons. The Hall–Kier alpha value is -1.58. The number of aromatic amines is 1. The van der Waals surface area contributed by atoms with E-state index in [9.17, 15) is 0 Å². The van der Waals surface area contributed by atoms with Gasteiger partial charge >= 0.3 is 0 Å². The molecule has 0 saturated heterocycles. The first-order valence-electron chi connectivity index (χ1n) is 5.59. The van der Waals surface area contributed by atoms with Gasteiger partial charge in [0.1, 0.15) is 0 Å². The molecule has 0 amide bonds. The van der Waals surface area contributed by atoms with Crippen molar-refractivity contribution in [2.45, 2.75) is 19.6 Å². The van der Waals surface area contributed by atoms with Crippen LogP contribution in [-0.2, 0) is 19.6 Å². The van der Waals surface area contributed by atoms with Crippen LogP contribution >= 0.6 is 0 Å². The summed E-state index contributed by atoms with van der Waals surface area (Å²) in [4.78, 5) is 3.49. The van der Waals surface area contributed by atoms with Crippen molar-refractivity contribution in [2.24, 2.45) is 5.73 Å². The van der Waals surface area contributed by atoms with Gasteiger partial charge in [0, 0.05) is 25.3 Å². The molecule has 16 heavy (non-hydrogen) atoms. The van der Waals surface area contributed by atoms with Crippen molar-refractivity contribution in [3.63, 3.8) is 0 Å². The zero-order chi connectivity index (χ0) is 11.0. The summed E-state index contributed by atoms with van der Waals surface area (Å²) in [7, 11) is 0. The second kappa shape index (κ2) is 3.77. The lowest BCUT2D eigenvalue weighted by Crippen LogP contribution is -2.06. The number of fused-ring (bicyclic) bond motifs is 1. The molecular weight excluding hydrogens is 198 g/mol. The quantitative estimate of drug-likeness (QED) is 0.711. The molecule has 1 aliphatic rings. The van der Waals surface area contributed by atoms with E-state index in [-0.39, 0.29) is 0 Å². The topological polar surface area (TPSA) is 53.8 Å². The Labute approximate surface area is 94.7 Å². The van der Waals surface area contributed by atoms with Crippen LogP contribution in [0, 0.1) is 0 Å². The molecule has 0 fully saturated rings. The average molecular weight is 213 g/mol. The molecule has 1 aromatic heterocycles. The van der Waals surface area contributed by atoms with E-state index in [1.165, 1.54) is 28.1 Å². The maximum atomic E-state index is 5.86. The normalized spacial score (nSPS) is 14.1. The maximum absolute atomic E-state index is 5.86. The van der Waals surface area contributed by atoms with Crippen molar-refractivity contribution in [3.8, 4) is 11.3 Å². The monoisotopic (exact) mass is 213 g/mol. The highest BCUT2D eigenvalue weighted by molar-refractivity contribution is 5.67.